The highest BCUT2D eigenvalue weighted by atomic mass is 32.2. The third-order valence-corrected chi connectivity index (χ3v) is 3.50. The van der Waals surface area contributed by atoms with Crippen molar-refractivity contribution < 1.29 is 13.4 Å². The van der Waals surface area contributed by atoms with Crippen LogP contribution in [0.2, 0.25) is 0 Å². The number of aromatic amines is 1. The fraction of sp³-hybridized carbons (Fsp3) is 0.444. The van der Waals surface area contributed by atoms with Gasteiger partial charge in [-0.25, -0.2) is 18.5 Å². The minimum Gasteiger partial charge on any atom is -0.370 e. The first-order valence-electron chi connectivity index (χ1n) is 4.87. The molecule has 0 unspecified atom stereocenters. The number of hydrogen-bond donors (Lipinski definition) is 1. The molecule has 3 N–H and O–H groups in total. The van der Waals surface area contributed by atoms with E-state index in [0.717, 1.165) is 25.9 Å². The van der Waals surface area contributed by atoms with Gasteiger partial charge in [0.15, 0.2) is 17.3 Å². The maximum absolute atomic E-state index is 11.3. The van der Waals surface area contributed by atoms with E-state index in [1.807, 2.05) is 4.90 Å². The molecule has 1 aliphatic rings. The first kappa shape index (κ1) is 10.4. The number of rotatable bonds is 2. The van der Waals surface area contributed by atoms with Gasteiger partial charge in [0.25, 0.3) is 0 Å². The van der Waals surface area contributed by atoms with E-state index in [1.165, 1.54) is 6.20 Å². The lowest BCUT2D eigenvalue weighted by Gasteiger charge is -2.18. The standard InChI is InChI=1S/C9H13N3O2S/c10-15(13,14)9-7-11-4-3-8(9)12-5-1-2-6-12/h3-4,7H,1-2,5-6H2,(H2,10,13,14)/p+1. The van der Waals surface area contributed by atoms with E-state index < -0.39 is 10.0 Å². The molecule has 1 aromatic heterocycles. The quantitative estimate of drug-likeness (QED) is 0.758. The Balaban J connectivity index is 2.46. The van der Waals surface area contributed by atoms with E-state index in [0.29, 0.717) is 5.69 Å². The van der Waals surface area contributed by atoms with Gasteiger partial charge in [-0.3, -0.25) is 0 Å². The monoisotopic (exact) mass is 228 g/mol. The average Bonchev–Trinajstić information content (AvgIpc) is 2.69. The summed E-state index contributed by atoms with van der Waals surface area (Å²) in [6.07, 6.45) is 5.34. The predicted molar refractivity (Wildman–Crippen MR) is 55.8 cm³/mol. The van der Waals surface area contributed by atoms with Gasteiger partial charge in [-0.15, -0.1) is 0 Å². The summed E-state index contributed by atoms with van der Waals surface area (Å²) in [5.41, 5.74) is 0.703. The molecule has 2 rings (SSSR count). The Kier molecular flexibility index (Phi) is 2.62. The van der Waals surface area contributed by atoms with Gasteiger partial charge in [0, 0.05) is 19.2 Å². The number of primary sulfonamides is 1. The fourth-order valence-electron chi connectivity index (χ4n) is 1.85. The fourth-order valence-corrected chi connectivity index (χ4v) is 2.58. The molecule has 0 bridgehead atoms. The lowest BCUT2D eigenvalue weighted by Crippen LogP contribution is -2.24. The highest BCUT2D eigenvalue weighted by Crippen LogP contribution is 2.25. The van der Waals surface area contributed by atoms with Crippen molar-refractivity contribution in [1.29, 1.82) is 0 Å². The summed E-state index contributed by atoms with van der Waals surface area (Å²) in [6.45, 7) is 1.79. The molecule has 1 fully saturated rings. The highest BCUT2D eigenvalue weighted by molar-refractivity contribution is 7.89. The number of anilines is 1. The van der Waals surface area contributed by atoms with Crippen LogP contribution < -0.4 is 15.0 Å². The van der Waals surface area contributed by atoms with E-state index in [1.54, 1.807) is 12.3 Å². The molecule has 0 atom stereocenters. The molecular formula is C9H14N3O2S+. The lowest BCUT2D eigenvalue weighted by molar-refractivity contribution is -0.380. The van der Waals surface area contributed by atoms with Gasteiger partial charge < -0.3 is 4.90 Å². The zero-order valence-electron chi connectivity index (χ0n) is 8.31. The largest absolute Gasteiger partial charge is 0.370 e. The van der Waals surface area contributed by atoms with Crippen LogP contribution in [-0.2, 0) is 10.0 Å². The van der Waals surface area contributed by atoms with E-state index in [2.05, 4.69) is 4.98 Å². The van der Waals surface area contributed by atoms with Crippen LogP contribution in [0, 0.1) is 0 Å². The molecule has 0 aliphatic carbocycles. The van der Waals surface area contributed by atoms with Crippen LogP contribution in [0.4, 0.5) is 5.69 Å². The second kappa shape index (κ2) is 3.79. The number of nitrogens with two attached hydrogens (primary N) is 1. The molecule has 0 spiro atoms. The SMILES string of the molecule is NS(=O)(=O)c1c[nH+]ccc1N1CCCC1. The van der Waals surface area contributed by atoms with Crippen LogP contribution in [0.15, 0.2) is 23.4 Å². The second-order valence-electron chi connectivity index (χ2n) is 3.63. The number of aromatic nitrogens is 1. The molecule has 1 saturated heterocycles. The summed E-state index contributed by atoms with van der Waals surface area (Å²) in [5, 5.41) is 5.15. The molecule has 0 amide bonds. The van der Waals surface area contributed by atoms with Crippen molar-refractivity contribution in [3.05, 3.63) is 18.5 Å². The third kappa shape index (κ3) is 2.10. The van der Waals surface area contributed by atoms with Crippen molar-refractivity contribution in [2.45, 2.75) is 17.7 Å². The highest BCUT2D eigenvalue weighted by Gasteiger charge is 2.22. The lowest BCUT2D eigenvalue weighted by atomic mass is 10.4. The molecule has 1 aromatic rings. The number of pyridine rings is 1. The number of sulfonamides is 1. The van der Waals surface area contributed by atoms with Crippen molar-refractivity contribution >= 4 is 15.7 Å². The maximum atomic E-state index is 11.3. The summed E-state index contributed by atoms with van der Waals surface area (Å²) >= 11 is 0. The Hall–Kier alpha value is -1.14. The molecule has 1 aliphatic heterocycles. The number of H-pyrrole nitrogens is 1. The van der Waals surface area contributed by atoms with Gasteiger partial charge in [0.2, 0.25) is 10.0 Å². The molecule has 0 saturated carbocycles. The topological polar surface area (TPSA) is 77.5 Å². The molecule has 0 radical (unpaired) electrons. The van der Waals surface area contributed by atoms with Crippen LogP contribution in [0.25, 0.3) is 0 Å². The maximum Gasteiger partial charge on any atom is 0.246 e. The first-order valence-corrected chi connectivity index (χ1v) is 6.41. The second-order valence-corrected chi connectivity index (χ2v) is 5.16. The zero-order chi connectivity index (χ0) is 10.9. The summed E-state index contributed by atoms with van der Waals surface area (Å²) < 4.78 is 22.7. The van der Waals surface area contributed by atoms with Crippen molar-refractivity contribution in [2.75, 3.05) is 18.0 Å². The summed E-state index contributed by atoms with van der Waals surface area (Å²) in [7, 11) is -3.64. The third-order valence-electron chi connectivity index (χ3n) is 2.56. The van der Waals surface area contributed by atoms with Gasteiger partial charge >= 0.3 is 0 Å². The summed E-state index contributed by atoms with van der Waals surface area (Å²) in [4.78, 5) is 4.97. The van der Waals surface area contributed by atoms with Gasteiger partial charge in [-0.1, -0.05) is 0 Å². The van der Waals surface area contributed by atoms with Crippen LogP contribution in [0.5, 0.6) is 0 Å². The predicted octanol–water partition coefficient (Wildman–Crippen LogP) is -0.252. The smallest absolute Gasteiger partial charge is 0.246 e. The van der Waals surface area contributed by atoms with Crippen LogP contribution in [-0.4, -0.2) is 21.5 Å². The molecule has 15 heavy (non-hydrogen) atoms. The normalized spacial score (nSPS) is 17.0. The number of nitrogens with zero attached hydrogens (tertiary/aromatic N) is 1. The van der Waals surface area contributed by atoms with E-state index in [4.69, 9.17) is 5.14 Å². The molecule has 82 valence electrons. The molecule has 2 heterocycles. The number of nitrogens with one attached hydrogen (secondary N) is 1. The Morgan fingerprint density at radius 2 is 2.00 bits per heavy atom. The van der Waals surface area contributed by atoms with E-state index in [-0.39, 0.29) is 4.90 Å². The Morgan fingerprint density at radius 1 is 1.33 bits per heavy atom. The molecular weight excluding hydrogens is 214 g/mol. The van der Waals surface area contributed by atoms with E-state index in [9.17, 15) is 8.42 Å². The molecule has 6 heteroatoms. The Bertz CT molecular complexity index is 452. The van der Waals surface area contributed by atoms with Crippen molar-refractivity contribution in [3.63, 3.8) is 0 Å². The van der Waals surface area contributed by atoms with Crippen molar-refractivity contribution in [2.24, 2.45) is 5.14 Å². The first-order chi connectivity index (χ1) is 7.09. The van der Waals surface area contributed by atoms with Crippen LogP contribution >= 0.6 is 0 Å². The van der Waals surface area contributed by atoms with Gasteiger partial charge in [-0.2, -0.15) is 0 Å². The summed E-state index contributed by atoms with van der Waals surface area (Å²) in [6, 6.07) is 1.76. The van der Waals surface area contributed by atoms with Crippen molar-refractivity contribution in [1.82, 2.24) is 0 Å². The zero-order valence-corrected chi connectivity index (χ0v) is 9.13. The number of hydrogen-bond acceptors (Lipinski definition) is 3. The minimum atomic E-state index is -3.64. The van der Waals surface area contributed by atoms with E-state index >= 15 is 0 Å². The van der Waals surface area contributed by atoms with Gasteiger partial charge in [0.1, 0.15) is 0 Å². The molecule has 0 aromatic carbocycles. The minimum absolute atomic E-state index is 0.173. The van der Waals surface area contributed by atoms with Gasteiger partial charge in [0.05, 0.1) is 5.69 Å². The van der Waals surface area contributed by atoms with Crippen LogP contribution in [0.1, 0.15) is 12.8 Å². The van der Waals surface area contributed by atoms with Gasteiger partial charge in [-0.05, 0) is 12.8 Å². The Labute approximate surface area is 89.0 Å². The van der Waals surface area contributed by atoms with Crippen LogP contribution in [0.3, 0.4) is 0 Å². The van der Waals surface area contributed by atoms with Crippen molar-refractivity contribution in [3.8, 4) is 0 Å². The Morgan fingerprint density at radius 3 is 2.60 bits per heavy atom. The molecule has 5 nitrogen and oxygen atoms in total. The summed E-state index contributed by atoms with van der Waals surface area (Å²) in [5.74, 6) is 0. The average molecular weight is 228 g/mol.